The van der Waals surface area contributed by atoms with Crippen molar-refractivity contribution in [1.82, 2.24) is 9.55 Å². The van der Waals surface area contributed by atoms with Gasteiger partial charge >= 0.3 is 5.82 Å². The average molecular weight is 268 g/mol. The highest BCUT2D eigenvalue weighted by Crippen LogP contribution is 2.19. The van der Waals surface area contributed by atoms with Crippen LogP contribution in [0.2, 0.25) is 5.02 Å². The molecular formula is C11H10ClN3O3. The summed E-state index contributed by atoms with van der Waals surface area (Å²) in [6.45, 7) is 0.182. The van der Waals surface area contributed by atoms with Crippen LogP contribution in [0, 0.1) is 10.1 Å². The van der Waals surface area contributed by atoms with E-state index in [2.05, 4.69) is 4.98 Å². The number of nitro groups is 1. The molecule has 1 N–H and O–H groups in total. The maximum Gasteiger partial charge on any atom is 0.381 e. The number of rotatable bonds is 4. The topological polar surface area (TPSA) is 81.2 Å². The van der Waals surface area contributed by atoms with Crippen LogP contribution in [0.3, 0.4) is 0 Å². The zero-order chi connectivity index (χ0) is 13.1. The standard InChI is InChI=1S/C11H10ClN3O3/c12-9-3-1-2-8(4-9)10(16)5-14-6-11(13-7-14)15(17)18/h1-4,6-7,10,16H,5H2. The summed E-state index contributed by atoms with van der Waals surface area (Å²) in [5, 5.41) is 21.0. The Morgan fingerprint density at radius 1 is 1.56 bits per heavy atom. The van der Waals surface area contributed by atoms with Crippen LogP contribution in [0.1, 0.15) is 11.7 Å². The number of nitrogens with zero attached hydrogens (tertiary/aromatic N) is 3. The molecule has 1 heterocycles. The van der Waals surface area contributed by atoms with Crippen LogP contribution in [0.15, 0.2) is 36.8 Å². The van der Waals surface area contributed by atoms with Gasteiger partial charge in [-0.05, 0) is 27.6 Å². The molecule has 0 fully saturated rings. The van der Waals surface area contributed by atoms with Gasteiger partial charge in [0.1, 0.15) is 6.20 Å². The minimum absolute atomic E-state index is 0.182. The van der Waals surface area contributed by atoms with Crippen molar-refractivity contribution in [1.29, 1.82) is 0 Å². The van der Waals surface area contributed by atoms with E-state index in [1.54, 1.807) is 24.3 Å². The molecule has 0 saturated heterocycles. The van der Waals surface area contributed by atoms with Crippen molar-refractivity contribution in [2.24, 2.45) is 0 Å². The molecule has 7 heteroatoms. The summed E-state index contributed by atoms with van der Waals surface area (Å²) in [7, 11) is 0. The second-order valence-electron chi connectivity index (χ2n) is 3.76. The van der Waals surface area contributed by atoms with Crippen molar-refractivity contribution in [2.45, 2.75) is 12.6 Å². The van der Waals surface area contributed by atoms with Gasteiger partial charge in [0, 0.05) is 5.02 Å². The second-order valence-corrected chi connectivity index (χ2v) is 4.19. The molecule has 0 amide bonds. The largest absolute Gasteiger partial charge is 0.387 e. The lowest BCUT2D eigenvalue weighted by Gasteiger charge is -2.10. The third-order valence-corrected chi connectivity index (χ3v) is 2.66. The minimum atomic E-state index is -0.794. The van der Waals surface area contributed by atoms with Gasteiger partial charge in [-0.2, -0.15) is 0 Å². The van der Waals surface area contributed by atoms with E-state index in [-0.39, 0.29) is 12.4 Å². The molecule has 1 aromatic carbocycles. The quantitative estimate of drug-likeness (QED) is 0.680. The van der Waals surface area contributed by atoms with Gasteiger partial charge in [0.05, 0.1) is 12.6 Å². The number of imidazole rings is 1. The lowest BCUT2D eigenvalue weighted by molar-refractivity contribution is -0.389. The number of aliphatic hydroxyl groups excluding tert-OH is 1. The average Bonchev–Trinajstić information content (AvgIpc) is 2.77. The van der Waals surface area contributed by atoms with Gasteiger partial charge in [0.25, 0.3) is 0 Å². The molecular weight excluding hydrogens is 258 g/mol. The van der Waals surface area contributed by atoms with Crippen LogP contribution in [0.5, 0.6) is 0 Å². The van der Waals surface area contributed by atoms with Gasteiger partial charge in [-0.15, -0.1) is 0 Å². The fourth-order valence-corrected chi connectivity index (χ4v) is 1.76. The van der Waals surface area contributed by atoms with Crippen molar-refractivity contribution in [3.63, 3.8) is 0 Å². The molecule has 18 heavy (non-hydrogen) atoms. The summed E-state index contributed by atoms with van der Waals surface area (Å²) in [6.07, 6.45) is 1.79. The fraction of sp³-hybridized carbons (Fsp3) is 0.182. The summed E-state index contributed by atoms with van der Waals surface area (Å²) < 4.78 is 1.46. The third-order valence-electron chi connectivity index (χ3n) is 2.42. The number of halogens is 1. The summed E-state index contributed by atoms with van der Waals surface area (Å²) >= 11 is 5.82. The van der Waals surface area contributed by atoms with Crippen LogP contribution in [0.25, 0.3) is 0 Å². The first-order valence-electron chi connectivity index (χ1n) is 5.16. The predicted molar refractivity (Wildman–Crippen MR) is 65.3 cm³/mol. The molecule has 0 spiro atoms. The summed E-state index contributed by atoms with van der Waals surface area (Å²) in [5.74, 6) is -0.242. The molecule has 6 nitrogen and oxygen atoms in total. The Morgan fingerprint density at radius 2 is 2.33 bits per heavy atom. The van der Waals surface area contributed by atoms with E-state index in [1.807, 2.05) is 0 Å². The maximum atomic E-state index is 10.5. The molecule has 0 aliphatic rings. The molecule has 0 bridgehead atoms. The second kappa shape index (κ2) is 5.16. The van der Waals surface area contributed by atoms with Crippen LogP contribution in [-0.2, 0) is 6.54 Å². The molecule has 0 radical (unpaired) electrons. The molecule has 1 atom stereocenters. The Bertz CT molecular complexity index is 570. The van der Waals surface area contributed by atoms with Crippen LogP contribution < -0.4 is 0 Å². The van der Waals surface area contributed by atoms with Crippen molar-refractivity contribution in [2.75, 3.05) is 0 Å². The first-order valence-corrected chi connectivity index (χ1v) is 5.54. The lowest BCUT2D eigenvalue weighted by atomic mass is 10.1. The van der Waals surface area contributed by atoms with E-state index in [4.69, 9.17) is 11.6 Å². The van der Waals surface area contributed by atoms with Gasteiger partial charge < -0.3 is 19.8 Å². The van der Waals surface area contributed by atoms with Crippen LogP contribution >= 0.6 is 11.6 Å². The van der Waals surface area contributed by atoms with Crippen LogP contribution in [0.4, 0.5) is 5.82 Å². The first-order chi connectivity index (χ1) is 8.56. The Kier molecular flexibility index (Phi) is 3.59. The number of aliphatic hydroxyl groups is 1. The molecule has 2 rings (SSSR count). The predicted octanol–water partition coefficient (Wildman–Crippen LogP) is 2.18. The number of aromatic nitrogens is 2. The normalized spacial score (nSPS) is 12.3. The van der Waals surface area contributed by atoms with E-state index in [0.717, 1.165) is 0 Å². The van der Waals surface area contributed by atoms with E-state index >= 15 is 0 Å². The van der Waals surface area contributed by atoms with Crippen molar-refractivity contribution >= 4 is 17.4 Å². The molecule has 1 unspecified atom stereocenters. The lowest BCUT2D eigenvalue weighted by Crippen LogP contribution is -2.07. The highest BCUT2D eigenvalue weighted by Gasteiger charge is 2.14. The van der Waals surface area contributed by atoms with Crippen LogP contribution in [-0.4, -0.2) is 19.6 Å². The maximum absolute atomic E-state index is 10.5. The first kappa shape index (κ1) is 12.5. The number of hydrogen-bond donors (Lipinski definition) is 1. The molecule has 2 aromatic rings. The van der Waals surface area contributed by atoms with Gasteiger partial charge in [0.2, 0.25) is 6.33 Å². The summed E-state index contributed by atoms with van der Waals surface area (Å²) in [5.41, 5.74) is 0.652. The van der Waals surface area contributed by atoms with Crippen molar-refractivity contribution < 1.29 is 10.0 Å². The van der Waals surface area contributed by atoms with Crippen molar-refractivity contribution in [3.05, 3.63) is 57.5 Å². The van der Waals surface area contributed by atoms with Gasteiger partial charge in [-0.3, -0.25) is 0 Å². The molecule has 0 aliphatic heterocycles. The Morgan fingerprint density at radius 3 is 2.94 bits per heavy atom. The molecule has 0 saturated carbocycles. The highest BCUT2D eigenvalue weighted by atomic mass is 35.5. The minimum Gasteiger partial charge on any atom is -0.387 e. The number of hydrogen-bond acceptors (Lipinski definition) is 4. The number of benzene rings is 1. The van der Waals surface area contributed by atoms with E-state index < -0.39 is 11.0 Å². The van der Waals surface area contributed by atoms with Crippen molar-refractivity contribution in [3.8, 4) is 0 Å². The summed E-state index contributed by atoms with van der Waals surface area (Å²) in [4.78, 5) is 13.5. The Balaban J connectivity index is 2.11. The Hall–Kier alpha value is -1.92. The van der Waals surface area contributed by atoms with Gasteiger partial charge in [-0.25, -0.2) is 0 Å². The van der Waals surface area contributed by atoms with Gasteiger partial charge in [-0.1, -0.05) is 23.7 Å². The van der Waals surface area contributed by atoms with Gasteiger partial charge in [0.15, 0.2) is 0 Å². The zero-order valence-electron chi connectivity index (χ0n) is 9.23. The fourth-order valence-electron chi connectivity index (χ4n) is 1.56. The zero-order valence-corrected chi connectivity index (χ0v) is 9.99. The molecule has 94 valence electrons. The van der Waals surface area contributed by atoms with E-state index in [1.165, 1.54) is 17.1 Å². The van der Waals surface area contributed by atoms with E-state index in [0.29, 0.717) is 10.6 Å². The SMILES string of the molecule is O=[N+]([O-])c1cn(CC(O)c2cccc(Cl)c2)cn1. The molecule has 0 aliphatic carbocycles. The van der Waals surface area contributed by atoms with E-state index in [9.17, 15) is 15.2 Å². The smallest absolute Gasteiger partial charge is 0.381 e. The highest BCUT2D eigenvalue weighted by molar-refractivity contribution is 6.30. The monoisotopic (exact) mass is 267 g/mol. The third kappa shape index (κ3) is 2.85. The molecule has 1 aromatic heterocycles. The summed E-state index contributed by atoms with van der Waals surface area (Å²) in [6, 6.07) is 6.83. The Labute approximate surface area is 108 Å².